The van der Waals surface area contributed by atoms with E-state index in [2.05, 4.69) is 15.9 Å². The van der Waals surface area contributed by atoms with Gasteiger partial charge in [0.2, 0.25) is 6.79 Å². The lowest BCUT2D eigenvalue weighted by molar-refractivity contribution is 0.172. The molecule has 1 N–H and O–H groups in total. The van der Waals surface area contributed by atoms with Crippen molar-refractivity contribution in [1.82, 2.24) is 0 Å². The summed E-state index contributed by atoms with van der Waals surface area (Å²) in [5, 5.41) is 18.2. The lowest BCUT2D eigenvalue weighted by atomic mass is 10.1. The minimum absolute atomic E-state index is 0.0538. The molecule has 0 amide bonds. The summed E-state index contributed by atoms with van der Waals surface area (Å²) < 4.78 is 11.1. The molecule has 5 heteroatoms. The molecule has 1 aliphatic rings. The summed E-state index contributed by atoms with van der Waals surface area (Å²) in [5.41, 5.74) is 0.640. The van der Waals surface area contributed by atoms with E-state index in [9.17, 15) is 5.11 Å². The number of benzene rings is 1. The molecule has 4 nitrogen and oxygen atoms in total. The van der Waals surface area contributed by atoms with Gasteiger partial charge >= 0.3 is 0 Å². The van der Waals surface area contributed by atoms with Crippen molar-refractivity contribution < 1.29 is 14.6 Å². The Labute approximate surface area is 95.2 Å². The van der Waals surface area contributed by atoms with E-state index >= 15 is 0 Å². The Bertz CT molecular complexity index is 427. The lowest BCUT2D eigenvalue weighted by Crippen LogP contribution is -1.97. The van der Waals surface area contributed by atoms with Crippen molar-refractivity contribution in [3.63, 3.8) is 0 Å². The number of hydrogen-bond donors (Lipinski definition) is 1. The monoisotopic (exact) mass is 269 g/mol. The third kappa shape index (κ3) is 1.91. The van der Waals surface area contributed by atoms with Gasteiger partial charge in [-0.1, -0.05) is 15.9 Å². The fraction of sp³-hybridized carbons (Fsp3) is 0.300. The van der Waals surface area contributed by atoms with E-state index in [1.807, 2.05) is 6.07 Å². The minimum Gasteiger partial charge on any atom is -0.454 e. The molecule has 1 aliphatic heterocycles. The summed E-state index contributed by atoms with van der Waals surface area (Å²) in [6, 6.07) is 5.34. The average Bonchev–Trinajstić information content (AvgIpc) is 2.63. The molecule has 1 aromatic carbocycles. The van der Waals surface area contributed by atoms with Gasteiger partial charge in [-0.2, -0.15) is 5.26 Å². The van der Waals surface area contributed by atoms with Crippen LogP contribution in [0.5, 0.6) is 11.5 Å². The number of nitriles is 1. The van der Waals surface area contributed by atoms with Crippen molar-refractivity contribution in [3.05, 3.63) is 22.2 Å². The summed E-state index contributed by atoms with van der Waals surface area (Å²) in [4.78, 5) is 0. The summed E-state index contributed by atoms with van der Waals surface area (Å²) in [7, 11) is 0. The van der Waals surface area contributed by atoms with E-state index < -0.39 is 6.10 Å². The van der Waals surface area contributed by atoms with Crippen LogP contribution in [-0.4, -0.2) is 11.9 Å². The maximum absolute atomic E-state index is 9.68. The molecular formula is C10H8BrNO3. The Morgan fingerprint density at radius 2 is 2.13 bits per heavy atom. The van der Waals surface area contributed by atoms with E-state index in [0.717, 1.165) is 4.47 Å². The number of ether oxygens (including phenoxy) is 2. The first kappa shape index (κ1) is 10.3. The standard InChI is InChI=1S/C10H8BrNO3/c11-7-4-10-9(14-5-15-10)3-6(7)8(13)1-2-12/h3-4,8,13H,1,5H2. The number of nitrogens with zero attached hydrogens (tertiary/aromatic N) is 1. The van der Waals surface area contributed by atoms with Crippen LogP contribution in [0.25, 0.3) is 0 Å². The van der Waals surface area contributed by atoms with Crippen LogP contribution in [0.2, 0.25) is 0 Å². The van der Waals surface area contributed by atoms with Gasteiger partial charge in [0.05, 0.1) is 18.6 Å². The van der Waals surface area contributed by atoms with Crippen molar-refractivity contribution in [3.8, 4) is 17.6 Å². The van der Waals surface area contributed by atoms with Crippen LogP contribution in [0.4, 0.5) is 0 Å². The fourth-order valence-corrected chi connectivity index (χ4v) is 1.97. The Kier molecular flexibility index (Phi) is 2.80. The Morgan fingerprint density at radius 3 is 2.80 bits per heavy atom. The Balaban J connectivity index is 2.37. The number of fused-ring (bicyclic) bond motifs is 1. The quantitative estimate of drug-likeness (QED) is 0.894. The van der Waals surface area contributed by atoms with E-state index in [-0.39, 0.29) is 13.2 Å². The second-order valence-corrected chi connectivity index (χ2v) is 3.96. The SMILES string of the molecule is N#CCC(O)c1cc2c(cc1Br)OCO2. The molecule has 0 spiro atoms. The van der Waals surface area contributed by atoms with Gasteiger partial charge in [0.1, 0.15) is 0 Å². The third-order valence-corrected chi connectivity index (χ3v) is 2.82. The normalized spacial score (nSPS) is 14.7. The number of aliphatic hydroxyl groups is 1. The highest BCUT2D eigenvalue weighted by atomic mass is 79.9. The molecule has 15 heavy (non-hydrogen) atoms. The molecule has 0 bridgehead atoms. The summed E-state index contributed by atoms with van der Waals surface area (Å²) in [6.45, 7) is 0.194. The van der Waals surface area contributed by atoms with E-state index in [0.29, 0.717) is 17.1 Å². The minimum atomic E-state index is -0.807. The molecular weight excluding hydrogens is 262 g/mol. The number of halogens is 1. The zero-order chi connectivity index (χ0) is 10.8. The van der Waals surface area contributed by atoms with E-state index in [1.165, 1.54) is 0 Å². The van der Waals surface area contributed by atoms with Crippen molar-refractivity contribution in [2.75, 3.05) is 6.79 Å². The Morgan fingerprint density at radius 1 is 1.47 bits per heavy atom. The van der Waals surface area contributed by atoms with Gasteiger partial charge in [-0.3, -0.25) is 0 Å². The zero-order valence-electron chi connectivity index (χ0n) is 7.74. The second kappa shape index (κ2) is 4.09. The predicted molar refractivity (Wildman–Crippen MR) is 55.5 cm³/mol. The summed E-state index contributed by atoms with van der Waals surface area (Å²) >= 11 is 3.32. The van der Waals surface area contributed by atoms with Gasteiger partial charge in [-0.05, 0) is 17.7 Å². The molecule has 0 saturated heterocycles. The van der Waals surface area contributed by atoms with Crippen molar-refractivity contribution >= 4 is 15.9 Å². The van der Waals surface area contributed by atoms with Gasteiger partial charge in [-0.15, -0.1) is 0 Å². The van der Waals surface area contributed by atoms with Crippen molar-refractivity contribution in [2.24, 2.45) is 0 Å². The molecule has 0 aromatic heterocycles. The number of hydrogen-bond acceptors (Lipinski definition) is 4. The van der Waals surface area contributed by atoms with Crippen LogP contribution in [0.3, 0.4) is 0 Å². The van der Waals surface area contributed by atoms with Gasteiger partial charge in [-0.25, -0.2) is 0 Å². The number of aliphatic hydroxyl groups excluding tert-OH is 1. The molecule has 2 rings (SSSR count). The highest BCUT2D eigenvalue weighted by molar-refractivity contribution is 9.10. The van der Waals surface area contributed by atoms with Crippen LogP contribution in [0.1, 0.15) is 18.1 Å². The van der Waals surface area contributed by atoms with Crippen molar-refractivity contribution in [2.45, 2.75) is 12.5 Å². The van der Waals surface area contributed by atoms with Gasteiger partial charge in [0, 0.05) is 4.47 Å². The van der Waals surface area contributed by atoms with Gasteiger partial charge < -0.3 is 14.6 Å². The average molecular weight is 270 g/mol. The highest BCUT2D eigenvalue weighted by Gasteiger charge is 2.19. The van der Waals surface area contributed by atoms with Crippen LogP contribution < -0.4 is 9.47 Å². The van der Waals surface area contributed by atoms with E-state index in [1.54, 1.807) is 12.1 Å². The van der Waals surface area contributed by atoms with Crippen LogP contribution in [0.15, 0.2) is 16.6 Å². The first-order valence-corrected chi connectivity index (χ1v) is 5.15. The lowest BCUT2D eigenvalue weighted by Gasteiger charge is -2.10. The molecule has 0 radical (unpaired) electrons. The predicted octanol–water partition coefficient (Wildman–Crippen LogP) is 2.12. The molecule has 1 heterocycles. The first-order valence-electron chi connectivity index (χ1n) is 4.36. The van der Waals surface area contributed by atoms with Gasteiger partial charge in [0.25, 0.3) is 0 Å². The maximum Gasteiger partial charge on any atom is 0.231 e. The molecule has 1 aromatic rings. The largest absolute Gasteiger partial charge is 0.454 e. The Hall–Kier alpha value is -1.25. The van der Waals surface area contributed by atoms with Gasteiger partial charge in [0.15, 0.2) is 11.5 Å². The summed E-state index contributed by atoms with van der Waals surface area (Å²) in [5.74, 6) is 1.25. The highest BCUT2D eigenvalue weighted by Crippen LogP contribution is 2.39. The molecule has 78 valence electrons. The molecule has 0 saturated carbocycles. The van der Waals surface area contributed by atoms with Crippen LogP contribution in [-0.2, 0) is 0 Å². The van der Waals surface area contributed by atoms with E-state index in [4.69, 9.17) is 14.7 Å². The van der Waals surface area contributed by atoms with Crippen molar-refractivity contribution in [1.29, 1.82) is 5.26 Å². The zero-order valence-corrected chi connectivity index (χ0v) is 9.32. The van der Waals surface area contributed by atoms with Crippen LogP contribution >= 0.6 is 15.9 Å². The second-order valence-electron chi connectivity index (χ2n) is 3.11. The fourth-order valence-electron chi connectivity index (χ4n) is 1.38. The maximum atomic E-state index is 9.68. The molecule has 0 aliphatic carbocycles. The smallest absolute Gasteiger partial charge is 0.231 e. The first-order chi connectivity index (χ1) is 7.22. The molecule has 1 unspecified atom stereocenters. The number of rotatable bonds is 2. The topological polar surface area (TPSA) is 62.5 Å². The van der Waals surface area contributed by atoms with Crippen LogP contribution in [0, 0.1) is 11.3 Å². The summed E-state index contributed by atoms with van der Waals surface area (Å²) in [6.07, 6.45) is -0.753. The third-order valence-electron chi connectivity index (χ3n) is 2.14. The molecule has 0 fully saturated rings. The molecule has 1 atom stereocenters.